The highest BCUT2D eigenvalue weighted by Crippen LogP contribution is 2.26. The van der Waals surface area contributed by atoms with Crippen molar-refractivity contribution in [3.8, 4) is 0 Å². The van der Waals surface area contributed by atoms with Crippen LogP contribution < -0.4 is 10.2 Å². The Bertz CT molecular complexity index is 836. The van der Waals surface area contributed by atoms with Gasteiger partial charge in [-0.1, -0.05) is 36.4 Å². The molecule has 7 heteroatoms. The second-order valence-electron chi connectivity index (χ2n) is 6.88. The third-order valence-electron chi connectivity index (χ3n) is 3.67. The Morgan fingerprint density at radius 1 is 1.04 bits per heavy atom. The molecule has 2 aromatic rings. The van der Waals surface area contributed by atoms with E-state index in [1.54, 1.807) is 32.9 Å². The molecule has 0 heterocycles. The number of carbonyl (C=O) groups is 3. The van der Waals surface area contributed by atoms with Crippen LogP contribution in [0.3, 0.4) is 0 Å². The van der Waals surface area contributed by atoms with Crippen molar-refractivity contribution < 1.29 is 23.9 Å². The summed E-state index contributed by atoms with van der Waals surface area (Å²) < 4.78 is 9.76. The summed E-state index contributed by atoms with van der Waals surface area (Å²) in [5.41, 5.74) is -0.0594. The molecule has 0 aliphatic rings. The van der Waals surface area contributed by atoms with Gasteiger partial charge in [-0.2, -0.15) is 0 Å². The van der Waals surface area contributed by atoms with Crippen LogP contribution in [0.25, 0.3) is 10.8 Å². The summed E-state index contributed by atoms with van der Waals surface area (Å²) in [7, 11) is 1.15. The van der Waals surface area contributed by atoms with Crippen LogP contribution in [0.4, 0.5) is 10.5 Å². The van der Waals surface area contributed by atoms with E-state index in [4.69, 9.17) is 4.74 Å². The largest absolute Gasteiger partial charge is 0.462 e. The van der Waals surface area contributed by atoms with Crippen molar-refractivity contribution in [1.82, 2.24) is 5.32 Å². The first kappa shape index (κ1) is 20.2. The van der Waals surface area contributed by atoms with E-state index >= 15 is 0 Å². The molecule has 0 spiro atoms. The van der Waals surface area contributed by atoms with Gasteiger partial charge in [-0.05, 0) is 32.2 Å². The van der Waals surface area contributed by atoms with Crippen molar-refractivity contribution in [2.75, 3.05) is 25.1 Å². The Kier molecular flexibility index (Phi) is 6.39. The molecule has 0 aliphatic carbocycles. The van der Waals surface area contributed by atoms with Gasteiger partial charge in [0.1, 0.15) is 5.60 Å². The smallest absolute Gasteiger partial charge is 0.407 e. The number of hydrogen-bond acceptors (Lipinski definition) is 5. The summed E-state index contributed by atoms with van der Waals surface area (Å²) >= 11 is 0. The van der Waals surface area contributed by atoms with Crippen LogP contribution in [0.5, 0.6) is 0 Å². The van der Waals surface area contributed by atoms with E-state index in [1.165, 1.54) is 4.90 Å². The van der Waals surface area contributed by atoms with Gasteiger partial charge in [-0.3, -0.25) is 4.79 Å². The molecule has 2 amide bonds. The zero-order chi connectivity index (χ0) is 20.0. The van der Waals surface area contributed by atoms with Crippen molar-refractivity contribution in [3.63, 3.8) is 0 Å². The summed E-state index contributed by atoms with van der Waals surface area (Å²) in [5, 5.41) is 4.34. The Hall–Kier alpha value is -3.09. The Balaban J connectivity index is 2.23. The van der Waals surface area contributed by atoms with Gasteiger partial charge in [0.2, 0.25) is 0 Å². The van der Waals surface area contributed by atoms with E-state index in [2.05, 4.69) is 10.1 Å². The quantitative estimate of drug-likeness (QED) is 0.659. The lowest BCUT2D eigenvalue weighted by atomic mass is 10.1. The number of alkyl carbamates (subject to hydrolysis) is 1. The Morgan fingerprint density at radius 2 is 1.70 bits per heavy atom. The lowest BCUT2D eigenvalue weighted by Crippen LogP contribution is -2.43. The first-order valence-electron chi connectivity index (χ1n) is 8.57. The van der Waals surface area contributed by atoms with Gasteiger partial charge in [0.25, 0.3) is 0 Å². The molecule has 0 aromatic heterocycles. The van der Waals surface area contributed by atoms with Gasteiger partial charge in [0.05, 0.1) is 12.8 Å². The second kappa shape index (κ2) is 8.53. The number of nitrogens with zero attached hydrogens (tertiary/aromatic N) is 1. The van der Waals surface area contributed by atoms with Crippen molar-refractivity contribution in [2.24, 2.45) is 0 Å². The van der Waals surface area contributed by atoms with Crippen LogP contribution in [0.15, 0.2) is 42.5 Å². The molecule has 2 rings (SSSR count). The number of methoxy groups -OCH3 is 1. The number of esters is 1. The van der Waals surface area contributed by atoms with Crippen molar-refractivity contribution in [3.05, 3.63) is 42.5 Å². The molecule has 0 radical (unpaired) electrons. The number of benzene rings is 2. The van der Waals surface area contributed by atoms with E-state index in [9.17, 15) is 14.4 Å². The maximum absolute atomic E-state index is 12.5. The number of nitrogens with one attached hydrogen (secondary N) is 1. The molecule has 7 nitrogen and oxygen atoms in total. The summed E-state index contributed by atoms with van der Waals surface area (Å²) in [5.74, 6) is -1.78. The minimum Gasteiger partial charge on any atom is -0.462 e. The lowest BCUT2D eigenvalue weighted by molar-refractivity contribution is -0.151. The fraction of sp³-hybridized carbons (Fsp3) is 0.350. The SMILES string of the molecule is COC(=O)C(=O)N(CCNC(=O)OC(C)(C)C)c1cccc2ccccc12. The molecule has 0 fully saturated rings. The molecule has 0 saturated carbocycles. The Labute approximate surface area is 158 Å². The number of fused-ring (bicyclic) bond motifs is 1. The molecule has 144 valence electrons. The predicted octanol–water partition coefficient (Wildman–Crippen LogP) is 2.87. The highest BCUT2D eigenvalue weighted by Gasteiger charge is 2.25. The van der Waals surface area contributed by atoms with Crippen molar-refractivity contribution in [2.45, 2.75) is 26.4 Å². The predicted molar refractivity (Wildman–Crippen MR) is 103 cm³/mol. The summed E-state index contributed by atoms with van der Waals surface area (Å²) in [6.07, 6.45) is -0.592. The highest BCUT2D eigenvalue weighted by molar-refractivity contribution is 6.38. The number of carbonyl (C=O) groups excluding carboxylic acids is 3. The molecule has 0 aliphatic heterocycles. The van der Waals surface area contributed by atoms with Crippen LogP contribution >= 0.6 is 0 Å². The molecule has 0 bridgehead atoms. The van der Waals surface area contributed by atoms with E-state index in [1.807, 2.05) is 30.3 Å². The van der Waals surface area contributed by atoms with Gasteiger partial charge < -0.3 is 19.7 Å². The molecule has 1 N–H and O–H groups in total. The first-order valence-corrected chi connectivity index (χ1v) is 8.57. The van der Waals surface area contributed by atoms with Crippen LogP contribution in [-0.4, -0.2) is 43.8 Å². The van der Waals surface area contributed by atoms with Gasteiger partial charge in [-0.15, -0.1) is 0 Å². The van der Waals surface area contributed by atoms with Crippen molar-refractivity contribution in [1.29, 1.82) is 0 Å². The average molecular weight is 372 g/mol. The average Bonchev–Trinajstić information content (AvgIpc) is 2.62. The standard InChI is InChI=1S/C20H24N2O5/c1-20(2,3)27-19(25)21-12-13-22(17(23)18(24)26-4)16-11-7-9-14-8-5-6-10-15(14)16/h5-11H,12-13H2,1-4H3,(H,21,25). The zero-order valence-corrected chi connectivity index (χ0v) is 15.9. The number of amides is 2. The summed E-state index contributed by atoms with van der Waals surface area (Å²) in [6.45, 7) is 5.48. The minimum absolute atomic E-state index is 0.0845. The number of ether oxygens (including phenoxy) is 2. The lowest BCUT2D eigenvalue weighted by Gasteiger charge is -2.24. The van der Waals surface area contributed by atoms with E-state index in [0.29, 0.717) is 5.69 Å². The molecular weight excluding hydrogens is 348 g/mol. The second-order valence-corrected chi connectivity index (χ2v) is 6.88. The number of anilines is 1. The maximum atomic E-state index is 12.5. The highest BCUT2D eigenvalue weighted by atomic mass is 16.6. The fourth-order valence-corrected chi connectivity index (χ4v) is 2.56. The topological polar surface area (TPSA) is 84.9 Å². The number of hydrogen-bond donors (Lipinski definition) is 1. The van der Waals surface area contributed by atoms with Gasteiger partial charge in [0.15, 0.2) is 0 Å². The Morgan fingerprint density at radius 3 is 2.37 bits per heavy atom. The van der Waals surface area contributed by atoms with Crippen LogP contribution in [0.1, 0.15) is 20.8 Å². The zero-order valence-electron chi connectivity index (χ0n) is 15.9. The minimum atomic E-state index is -0.972. The summed E-state index contributed by atoms with van der Waals surface area (Å²) in [4.78, 5) is 37.5. The van der Waals surface area contributed by atoms with Crippen molar-refractivity contribution >= 4 is 34.4 Å². The molecule has 0 unspecified atom stereocenters. The van der Waals surface area contributed by atoms with E-state index in [0.717, 1.165) is 17.9 Å². The van der Waals surface area contributed by atoms with E-state index < -0.39 is 23.6 Å². The van der Waals surface area contributed by atoms with Crippen LogP contribution in [0.2, 0.25) is 0 Å². The van der Waals surface area contributed by atoms with Gasteiger partial charge in [-0.25, -0.2) is 9.59 Å². The number of rotatable bonds is 4. The third-order valence-corrected chi connectivity index (χ3v) is 3.67. The van der Waals surface area contributed by atoms with Gasteiger partial charge in [0, 0.05) is 18.5 Å². The molecule has 27 heavy (non-hydrogen) atoms. The molecule has 0 saturated heterocycles. The summed E-state index contributed by atoms with van der Waals surface area (Å²) in [6, 6.07) is 13.0. The third kappa shape index (κ3) is 5.44. The van der Waals surface area contributed by atoms with Crippen LogP contribution in [-0.2, 0) is 19.1 Å². The monoisotopic (exact) mass is 372 g/mol. The normalized spacial score (nSPS) is 11.0. The van der Waals surface area contributed by atoms with Gasteiger partial charge >= 0.3 is 18.0 Å². The van der Waals surface area contributed by atoms with Crippen LogP contribution in [0, 0.1) is 0 Å². The maximum Gasteiger partial charge on any atom is 0.407 e. The van der Waals surface area contributed by atoms with E-state index in [-0.39, 0.29) is 13.1 Å². The molecular formula is C20H24N2O5. The molecule has 2 aromatic carbocycles. The fourth-order valence-electron chi connectivity index (χ4n) is 2.56. The first-order chi connectivity index (χ1) is 12.7. The molecule has 0 atom stereocenters.